The van der Waals surface area contributed by atoms with E-state index >= 15 is 0 Å². The minimum Gasteiger partial charge on any atom is -0.406 e. The number of amides is 3. The van der Waals surface area contributed by atoms with Gasteiger partial charge in [0, 0.05) is 17.3 Å². The molecule has 3 amide bonds. The van der Waals surface area contributed by atoms with Crippen LogP contribution in [0.3, 0.4) is 0 Å². The van der Waals surface area contributed by atoms with Crippen LogP contribution in [0.15, 0.2) is 66.7 Å². The molecule has 1 saturated carbocycles. The number of aromatic nitrogens is 5. The van der Waals surface area contributed by atoms with Crippen LogP contribution < -0.4 is 20.3 Å². The average Bonchev–Trinajstić information content (AvgIpc) is 3.69. The lowest BCUT2D eigenvalue weighted by molar-refractivity contribution is -0.274. The molecular weight excluding hydrogens is 609 g/mol. The van der Waals surface area contributed by atoms with Gasteiger partial charge in [-0.1, -0.05) is 60.0 Å². The number of ether oxygens (including phenoxy) is 1. The van der Waals surface area contributed by atoms with Crippen LogP contribution in [-0.4, -0.2) is 43.9 Å². The molecule has 3 aromatic carbocycles. The van der Waals surface area contributed by atoms with E-state index in [0.29, 0.717) is 21.9 Å². The van der Waals surface area contributed by atoms with E-state index in [4.69, 9.17) is 0 Å². The molecular formula is C30H27F3N8O3S. The van der Waals surface area contributed by atoms with Crippen LogP contribution in [0.4, 0.5) is 34.7 Å². The Morgan fingerprint density at radius 2 is 1.73 bits per heavy atom. The zero-order valence-corrected chi connectivity index (χ0v) is 24.5. The fraction of sp³-hybridized carbons (Fsp3) is 0.267. The molecule has 0 aliphatic heterocycles. The fourth-order valence-electron chi connectivity index (χ4n) is 5.29. The maximum absolute atomic E-state index is 13.7. The number of H-pyrrole nitrogens is 1. The van der Waals surface area contributed by atoms with Gasteiger partial charge in [0.15, 0.2) is 5.13 Å². The first-order valence-corrected chi connectivity index (χ1v) is 15.0. The Morgan fingerprint density at radius 3 is 2.42 bits per heavy atom. The minimum atomic E-state index is -4.83. The summed E-state index contributed by atoms with van der Waals surface area (Å²) >= 11 is 1.13. The first-order valence-electron chi connectivity index (χ1n) is 14.2. The highest BCUT2D eigenvalue weighted by Gasteiger charge is 2.31. The van der Waals surface area contributed by atoms with Crippen LogP contribution >= 0.6 is 11.3 Å². The number of nitrogens with zero attached hydrogens (tertiary/aromatic N) is 5. The lowest BCUT2D eigenvalue weighted by atomic mass is 9.84. The number of hydrogen-bond acceptors (Lipinski definition) is 8. The highest BCUT2D eigenvalue weighted by Crippen LogP contribution is 2.34. The Bertz CT molecular complexity index is 1770. The Kier molecular flexibility index (Phi) is 8.60. The monoisotopic (exact) mass is 636 g/mol. The van der Waals surface area contributed by atoms with E-state index in [1.807, 2.05) is 12.1 Å². The summed E-state index contributed by atoms with van der Waals surface area (Å²) in [6.45, 7) is 0.163. The van der Waals surface area contributed by atoms with Gasteiger partial charge in [-0.2, -0.15) is 5.21 Å². The van der Waals surface area contributed by atoms with Gasteiger partial charge < -0.3 is 4.74 Å². The summed E-state index contributed by atoms with van der Waals surface area (Å²) in [5.74, 6) is -0.277. The molecule has 11 nitrogen and oxygen atoms in total. The average molecular weight is 637 g/mol. The first kappa shape index (κ1) is 30.0. The van der Waals surface area contributed by atoms with Crippen molar-refractivity contribution in [2.75, 3.05) is 15.5 Å². The number of carbonyl (C=O) groups excluding carboxylic acids is 2. The number of carbonyl (C=O) groups is 2. The summed E-state index contributed by atoms with van der Waals surface area (Å²) in [4.78, 5) is 32.1. The van der Waals surface area contributed by atoms with Crippen molar-refractivity contribution < 1.29 is 27.5 Å². The summed E-state index contributed by atoms with van der Waals surface area (Å²) in [6.07, 6.45) is 1.12. The fourth-order valence-corrected chi connectivity index (χ4v) is 6.13. The molecule has 1 aliphatic carbocycles. The van der Waals surface area contributed by atoms with Crippen LogP contribution in [0.2, 0.25) is 0 Å². The maximum atomic E-state index is 13.7. The Hall–Kier alpha value is -5.05. The molecule has 0 bridgehead atoms. The summed E-state index contributed by atoms with van der Waals surface area (Å²) in [7, 11) is 0. The predicted octanol–water partition coefficient (Wildman–Crippen LogP) is 7.25. The van der Waals surface area contributed by atoms with Gasteiger partial charge in [0.25, 0.3) is 11.9 Å². The van der Waals surface area contributed by atoms with Crippen LogP contribution in [0, 0.1) is 0 Å². The quantitative estimate of drug-likeness (QED) is 0.163. The summed E-state index contributed by atoms with van der Waals surface area (Å²) in [5, 5.41) is 18.6. The van der Waals surface area contributed by atoms with Gasteiger partial charge in [-0.3, -0.25) is 20.3 Å². The van der Waals surface area contributed by atoms with Crippen molar-refractivity contribution in [3.05, 3.63) is 83.4 Å². The number of fused-ring (bicyclic) bond motifs is 1. The third-order valence-electron chi connectivity index (χ3n) is 7.46. The smallest absolute Gasteiger partial charge is 0.406 e. The van der Waals surface area contributed by atoms with E-state index in [0.717, 1.165) is 29.7 Å². The second-order valence-electron chi connectivity index (χ2n) is 10.5. The molecule has 6 rings (SSSR count). The van der Waals surface area contributed by atoms with Gasteiger partial charge in [-0.25, -0.2) is 9.78 Å². The van der Waals surface area contributed by atoms with Crippen molar-refractivity contribution in [1.82, 2.24) is 25.6 Å². The van der Waals surface area contributed by atoms with Gasteiger partial charge in [0.1, 0.15) is 5.75 Å². The number of thiazole rings is 1. The van der Waals surface area contributed by atoms with Crippen LogP contribution in [0.5, 0.6) is 5.75 Å². The molecule has 0 spiro atoms. The van der Waals surface area contributed by atoms with E-state index < -0.39 is 24.1 Å². The Balaban J connectivity index is 1.22. The molecule has 0 radical (unpaired) electrons. The van der Waals surface area contributed by atoms with Crippen molar-refractivity contribution in [1.29, 1.82) is 0 Å². The van der Waals surface area contributed by atoms with Gasteiger partial charge in [0.05, 0.1) is 16.8 Å². The van der Waals surface area contributed by atoms with Gasteiger partial charge in [0.2, 0.25) is 0 Å². The van der Waals surface area contributed by atoms with Crippen molar-refractivity contribution >= 4 is 50.3 Å². The molecule has 232 valence electrons. The number of rotatable bonds is 8. The zero-order chi connectivity index (χ0) is 31.4. The van der Waals surface area contributed by atoms with Crippen LogP contribution in [0.25, 0.3) is 10.2 Å². The first-order chi connectivity index (χ1) is 21.7. The highest BCUT2D eigenvalue weighted by atomic mass is 32.1. The van der Waals surface area contributed by atoms with Crippen LogP contribution in [0.1, 0.15) is 59.5 Å². The van der Waals surface area contributed by atoms with E-state index in [1.54, 1.807) is 29.2 Å². The number of benzene rings is 3. The molecule has 1 fully saturated rings. The second kappa shape index (κ2) is 12.9. The summed E-state index contributed by atoms with van der Waals surface area (Å²) < 4.78 is 42.6. The van der Waals surface area contributed by atoms with E-state index in [-0.39, 0.29) is 23.1 Å². The van der Waals surface area contributed by atoms with Crippen molar-refractivity contribution in [2.24, 2.45) is 0 Å². The predicted molar refractivity (Wildman–Crippen MR) is 162 cm³/mol. The topological polar surface area (TPSA) is 138 Å². The molecule has 2 heterocycles. The van der Waals surface area contributed by atoms with E-state index in [9.17, 15) is 22.8 Å². The van der Waals surface area contributed by atoms with Crippen molar-refractivity contribution in [2.45, 2.75) is 50.9 Å². The third-order valence-corrected chi connectivity index (χ3v) is 8.41. The lowest BCUT2D eigenvalue weighted by Gasteiger charge is -2.25. The number of halogens is 3. The molecule has 1 aliphatic rings. The molecule has 3 N–H and O–H groups in total. The molecule has 0 atom stereocenters. The molecule has 5 aromatic rings. The van der Waals surface area contributed by atoms with Crippen molar-refractivity contribution in [3.63, 3.8) is 0 Å². The molecule has 2 aromatic heterocycles. The van der Waals surface area contributed by atoms with E-state index in [1.165, 1.54) is 43.0 Å². The van der Waals surface area contributed by atoms with Crippen LogP contribution in [-0.2, 0) is 6.54 Å². The minimum absolute atomic E-state index is 0.0440. The molecule has 15 heteroatoms. The lowest BCUT2D eigenvalue weighted by Crippen LogP contribution is -2.34. The summed E-state index contributed by atoms with van der Waals surface area (Å²) in [5.41, 5.74) is 3.25. The normalized spacial score (nSPS) is 13.8. The number of hydrogen-bond donors (Lipinski definition) is 3. The standard InChI is InChI=1S/C30H27F3N8O3S/c31-30(32,33)44-23-14-15-25-24(16-23)34-28(45-25)36-29(43)41(22-12-10-20(11-13-22)19-4-2-1-3-5-19)17-18-6-8-21(9-7-18)26(42)35-27-37-39-40-38-27/h6-16,19H,1-5,17H2,(H,34,36,43)(H2,35,37,38,39,40,42). The number of anilines is 3. The molecule has 45 heavy (non-hydrogen) atoms. The van der Waals surface area contributed by atoms with Gasteiger partial charge >= 0.3 is 12.4 Å². The molecule has 0 saturated heterocycles. The summed E-state index contributed by atoms with van der Waals surface area (Å²) in [6, 6.07) is 18.0. The van der Waals surface area contributed by atoms with E-state index in [2.05, 4.69) is 53.1 Å². The van der Waals surface area contributed by atoms with Crippen molar-refractivity contribution in [3.8, 4) is 5.75 Å². The maximum Gasteiger partial charge on any atom is 0.573 e. The highest BCUT2D eigenvalue weighted by molar-refractivity contribution is 7.22. The van der Waals surface area contributed by atoms with Gasteiger partial charge in [-0.15, -0.1) is 18.3 Å². The number of urea groups is 1. The number of tetrazole rings is 1. The Morgan fingerprint density at radius 1 is 0.978 bits per heavy atom. The number of aromatic amines is 1. The largest absolute Gasteiger partial charge is 0.573 e. The number of nitrogens with one attached hydrogen (secondary N) is 3. The Labute approximate surface area is 258 Å². The third kappa shape index (κ3) is 7.55. The zero-order valence-electron chi connectivity index (χ0n) is 23.7. The second-order valence-corrected chi connectivity index (χ2v) is 11.6. The SMILES string of the molecule is O=C(Nc1nn[nH]n1)c1ccc(CN(C(=O)Nc2nc3cc(OC(F)(F)F)ccc3s2)c2ccc(C3CCCCC3)cc2)cc1. The van der Waals surface area contributed by atoms with Gasteiger partial charge in [-0.05, 0) is 71.5 Å². The molecule has 0 unspecified atom stereocenters. The number of alkyl halides is 3.